The van der Waals surface area contributed by atoms with Crippen molar-refractivity contribution < 1.29 is 4.74 Å². The molecule has 0 N–H and O–H groups in total. The molecule has 1 nitrogen and oxygen atoms in total. The molecular formula is C28H22O. The molecule has 140 valence electrons. The second-order valence-corrected chi connectivity index (χ2v) is 7.33. The third-order valence-electron chi connectivity index (χ3n) is 5.81. The summed E-state index contributed by atoms with van der Waals surface area (Å²) in [6.45, 7) is 4.24. The minimum absolute atomic E-state index is 0.342. The maximum atomic E-state index is 5.73. The predicted molar refractivity (Wildman–Crippen MR) is 119 cm³/mol. The molecule has 0 saturated heterocycles. The van der Waals surface area contributed by atoms with Gasteiger partial charge in [0.05, 0.1) is 5.41 Å². The van der Waals surface area contributed by atoms with Crippen LogP contribution in [0.3, 0.4) is 0 Å². The van der Waals surface area contributed by atoms with Crippen LogP contribution in [0.1, 0.15) is 22.3 Å². The molecule has 0 radical (unpaired) electrons. The maximum absolute atomic E-state index is 5.73. The van der Waals surface area contributed by atoms with Crippen molar-refractivity contribution in [2.75, 3.05) is 6.61 Å². The average molecular weight is 374 g/mol. The first-order chi connectivity index (χ1) is 14.4. The number of rotatable bonds is 5. The highest BCUT2D eigenvalue weighted by atomic mass is 16.5. The number of hydrogen-bond donors (Lipinski definition) is 0. The fourth-order valence-electron chi connectivity index (χ4n) is 4.67. The maximum Gasteiger partial charge on any atom is 0.119 e. The van der Waals surface area contributed by atoms with E-state index in [9.17, 15) is 0 Å². The molecule has 1 heteroatoms. The van der Waals surface area contributed by atoms with E-state index in [0.717, 1.165) is 5.75 Å². The zero-order valence-corrected chi connectivity index (χ0v) is 16.2. The van der Waals surface area contributed by atoms with Crippen LogP contribution >= 0.6 is 0 Å². The zero-order valence-electron chi connectivity index (χ0n) is 16.2. The van der Waals surface area contributed by atoms with Gasteiger partial charge in [0.1, 0.15) is 12.4 Å². The molecule has 0 spiro atoms. The molecule has 4 aromatic carbocycles. The molecule has 1 aliphatic rings. The average Bonchev–Trinajstić information content (AvgIpc) is 3.10. The Balaban J connectivity index is 1.81. The molecule has 0 fully saturated rings. The third kappa shape index (κ3) is 2.62. The second kappa shape index (κ2) is 7.10. The van der Waals surface area contributed by atoms with Gasteiger partial charge < -0.3 is 4.74 Å². The van der Waals surface area contributed by atoms with E-state index in [4.69, 9.17) is 4.74 Å². The minimum Gasteiger partial charge on any atom is -0.490 e. The van der Waals surface area contributed by atoms with E-state index in [0.29, 0.717) is 6.61 Å². The van der Waals surface area contributed by atoms with E-state index < -0.39 is 0 Å². The van der Waals surface area contributed by atoms with E-state index in [1.54, 1.807) is 6.08 Å². The van der Waals surface area contributed by atoms with Gasteiger partial charge in [-0.2, -0.15) is 0 Å². The quantitative estimate of drug-likeness (QED) is 0.314. The Morgan fingerprint density at radius 2 is 1.14 bits per heavy atom. The van der Waals surface area contributed by atoms with Crippen molar-refractivity contribution in [1.82, 2.24) is 0 Å². The lowest BCUT2D eigenvalue weighted by atomic mass is 9.68. The van der Waals surface area contributed by atoms with Crippen LogP contribution in [0.5, 0.6) is 5.75 Å². The van der Waals surface area contributed by atoms with Crippen LogP contribution in [0, 0.1) is 0 Å². The zero-order chi connectivity index (χ0) is 19.7. The van der Waals surface area contributed by atoms with Crippen LogP contribution in [0.25, 0.3) is 11.1 Å². The van der Waals surface area contributed by atoms with Gasteiger partial charge in [-0.25, -0.2) is 0 Å². The lowest BCUT2D eigenvalue weighted by molar-refractivity contribution is 0.363. The monoisotopic (exact) mass is 374 g/mol. The first kappa shape index (κ1) is 17.5. The molecule has 0 aliphatic heterocycles. The summed E-state index contributed by atoms with van der Waals surface area (Å²) >= 11 is 0. The molecular weight excluding hydrogens is 352 g/mol. The summed E-state index contributed by atoms with van der Waals surface area (Å²) in [6, 6.07) is 36.9. The number of ether oxygens (including phenoxy) is 1. The molecule has 4 aromatic rings. The summed E-state index contributed by atoms with van der Waals surface area (Å²) in [4.78, 5) is 0. The van der Waals surface area contributed by atoms with E-state index in [1.165, 1.54) is 33.4 Å². The number of benzene rings is 4. The van der Waals surface area contributed by atoms with Crippen molar-refractivity contribution in [2.45, 2.75) is 5.41 Å². The van der Waals surface area contributed by atoms with Gasteiger partial charge in [0.25, 0.3) is 0 Å². The van der Waals surface area contributed by atoms with Gasteiger partial charge >= 0.3 is 0 Å². The lowest BCUT2D eigenvalue weighted by Gasteiger charge is -2.33. The van der Waals surface area contributed by atoms with Crippen molar-refractivity contribution >= 4 is 0 Å². The van der Waals surface area contributed by atoms with E-state index in [2.05, 4.69) is 110 Å². The molecule has 0 aromatic heterocycles. The highest BCUT2D eigenvalue weighted by Gasteiger charge is 2.45. The molecule has 0 atom stereocenters. The van der Waals surface area contributed by atoms with Gasteiger partial charge in [-0.1, -0.05) is 104 Å². The molecule has 29 heavy (non-hydrogen) atoms. The van der Waals surface area contributed by atoms with Crippen molar-refractivity contribution in [3.8, 4) is 16.9 Å². The highest BCUT2D eigenvalue weighted by molar-refractivity contribution is 5.86. The van der Waals surface area contributed by atoms with Gasteiger partial charge in [-0.15, -0.1) is 0 Å². The molecule has 0 unspecified atom stereocenters. The van der Waals surface area contributed by atoms with Crippen molar-refractivity contribution in [1.29, 1.82) is 0 Å². The summed E-state index contributed by atoms with van der Waals surface area (Å²) in [5, 5.41) is 0. The van der Waals surface area contributed by atoms with Gasteiger partial charge in [0, 0.05) is 0 Å². The largest absolute Gasteiger partial charge is 0.490 e. The van der Waals surface area contributed by atoms with Crippen LogP contribution in [-0.2, 0) is 5.41 Å². The Morgan fingerprint density at radius 3 is 1.72 bits per heavy atom. The molecule has 0 bridgehead atoms. The van der Waals surface area contributed by atoms with Crippen molar-refractivity contribution in [3.05, 3.63) is 138 Å². The van der Waals surface area contributed by atoms with Crippen LogP contribution in [0.15, 0.2) is 116 Å². The highest BCUT2D eigenvalue weighted by Crippen LogP contribution is 2.55. The summed E-state index contributed by atoms with van der Waals surface area (Å²) in [7, 11) is 0. The van der Waals surface area contributed by atoms with Crippen LogP contribution in [0.2, 0.25) is 0 Å². The molecule has 0 saturated carbocycles. The fraction of sp³-hybridized carbons (Fsp3) is 0.0714. The summed E-state index contributed by atoms with van der Waals surface area (Å²) in [5.74, 6) is 0.858. The first-order valence-corrected chi connectivity index (χ1v) is 9.95. The number of fused-ring (bicyclic) bond motifs is 3. The smallest absolute Gasteiger partial charge is 0.119 e. The Hall–Kier alpha value is -3.58. The fourth-order valence-corrected chi connectivity index (χ4v) is 4.67. The molecule has 5 rings (SSSR count). The van der Waals surface area contributed by atoms with E-state index >= 15 is 0 Å². The van der Waals surface area contributed by atoms with Crippen molar-refractivity contribution in [2.24, 2.45) is 0 Å². The predicted octanol–water partition coefficient (Wildman–Crippen LogP) is 6.61. The lowest BCUT2D eigenvalue weighted by Crippen LogP contribution is -2.28. The Morgan fingerprint density at radius 1 is 0.621 bits per heavy atom. The SMILES string of the molecule is C=CCOc1ccc(C2(c3ccccc3)c3ccccc3-c3ccccc32)cc1. The van der Waals surface area contributed by atoms with Gasteiger partial charge in [0.15, 0.2) is 0 Å². The summed E-state index contributed by atoms with van der Waals surface area (Å²) in [6.07, 6.45) is 1.77. The summed E-state index contributed by atoms with van der Waals surface area (Å²) in [5.41, 5.74) is 7.44. The van der Waals surface area contributed by atoms with Gasteiger partial charge in [-0.3, -0.25) is 0 Å². The van der Waals surface area contributed by atoms with E-state index in [1.807, 2.05) is 0 Å². The Labute approximate surface area is 171 Å². The van der Waals surface area contributed by atoms with Crippen molar-refractivity contribution in [3.63, 3.8) is 0 Å². The van der Waals surface area contributed by atoms with Gasteiger partial charge in [-0.05, 0) is 45.5 Å². The standard InChI is InChI=1S/C28H22O/c1-2-20-29-23-18-16-22(17-19-23)28(21-10-4-3-5-11-21)26-14-8-6-12-24(26)25-13-7-9-15-27(25)28/h2-19H,1,20H2. The first-order valence-electron chi connectivity index (χ1n) is 9.95. The molecule has 0 heterocycles. The minimum atomic E-state index is -0.342. The van der Waals surface area contributed by atoms with Crippen LogP contribution in [0.4, 0.5) is 0 Å². The normalized spacial score (nSPS) is 13.4. The molecule has 0 amide bonds. The Kier molecular flexibility index (Phi) is 4.29. The summed E-state index contributed by atoms with van der Waals surface area (Å²) < 4.78 is 5.73. The topological polar surface area (TPSA) is 9.23 Å². The van der Waals surface area contributed by atoms with Gasteiger partial charge in [0.2, 0.25) is 0 Å². The van der Waals surface area contributed by atoms with E-state index in [-0.39, 0.29) is 5.41 Å². The molecule has 1 aliphatic carbocycles. The van der Waals surface area contributed by atoms with Crippen LogP contribution < -0.4 is 4.74 Å². The third-order valence-corrected chi connectivity index (χ3v) is 5.81. The second-order valence-electron chi connectivity index (χ2n) is 7.33. The van der Waals surface area contributed by atoms with Crippen LogP contribution in [-0.4, -0.2) is 6.61 Å². The number of hydrogen-bond acceptors (Lipinski definition) is 1. The Bertz CT molecular complexity index is 1110.